The summed E-state index contributed by atoms with van der Waals surface area (Å²) >= 11 is 1.68. The van der Waals surface area contributed by atoms with Gasteiger partial charge < -0.3 is 5.32 Å². The molecule has 2 N–H and O–H groups in total. The van der Waals surface area contributed by atoms with Crippen molar-refractivity contribution >= 4 is 22.9 Å². The molecule has 0 spiro atoms. The molecule has 2 heterocycles. The Morgan fingerprint density at radius 3 is 2.46 bits per heavy atom. The van der Waals surface area contributed by atoms with Crippen molar-refractivity contribution in [3.05, 3.63) is 69.7 Å². The molecule has 0 radical (unpaired) electrons. The Kier molecular flexibility index (Phi) is 5.54. The van der Waals surface area contributed by atoms with Crippen molar-refractivity contribution in [2.24, 2.45) is 7.05 Å². The highest BCUT2D eigenvalue weighted by molar-refractivity contribution is 7.10. The highest BCUT2D eigenvalue weighted by Crippen LogP contribution is 2.26. The molecule has 136 valence electrons. The maximum Gasteiger partial charge on any atom is 0.241 e. The number of nitrogens with one attached hydrogen (secondary N) is 2. The highest BCUT2D eigenvalue weighted by Gasteiger charge is 2.23. The fraction of sp³-hybridized carbons (Fsp3) is 0.300. The minimum absolute atomic E-state index is 0.0203. The summed E-state index contributed by atoms with van der Waals surface area (Å²) in [6, 6.07) is 13.9. The van der Waals surface area contributed by atoms with Crippen LogP contribution in [-0.2, 0) is 11.8 Å². The number of anilines is 1. The molecule has 5 nitrogen and oxygen atoms in total. The second-order valence-electron chi connectivity index (χ2n) is 6.41. The predicted molar refractivity (Wildman–Crippen MR) is 107 cm³/mol. The summed E-state index contributed by atoms with van der Waals surface area (Å²) in [5.74, 6) is -0.0679. The van der Waals surface area contributed by atoms with Crippen molar-refractivity contribution in [2.45, 2.75) is 32.9 Å². The van der Waals surface area contributed by atoms with Crippen molar-refractivity contribution in [1.29, 1.82) is 0 Å². The van der Waals surface area contributed by atoms with Crippen LogP contribution in [0, 0.1) is 13.8 Å². The number of nitrogens with zero attached hydrogens (tertiary/aromatic N) is 2. The summed E-state index contributed by atoms with van der Waals surface area (Å²) < 4.78 is 1.78. The van der Waals surface area contributed by atoms with Crippen LogP contribution in [0.5, 0.6) is 0 Å². The van der Waals surface area contributed by atoms with Gasteiger partial charge in [-0.3, -0.25) is 14.8 Å². The summed E-state index contributed by atoms with van der Waals surface area (Å²) in [5, 5.41) is 12.9. The SMILES string of the molecule is Cc1nn(C)c(C)c1NC(=O)[C@H](C)N[C@H](c1ccccc1)c1cccs1. The van der Waals surface area contributed by atoms with Crippen molar-refractivity contribution < 1.29 is 4.79 Å². The van der Waals surface area contributed by atoms with Crippen LogP contribution in [0.4, 0.5) is 5.69 Å². The van der Waals surface area contributed by atoms with Gasteiger partial charge >= 0.3 is 0 Å². The number of amides is 1. The number of hydrogen-bond acceptors (Lipinski definition) is 4. The third kappa shape index (κ3) is 3.86. The van der Waals surface area contributed by atoms with E-state index in [1.54, 1.807) is 16.0 Å². The van der Waals surface area contributed by atoms with Gasteiger partial charge in [0.1, 0.15) is 0 Å². The van der Waals surface area contributed by atoms with E-state index in [1.807, 2.05) is 52.1 Å². The lowest BCUT2D eigenvalue weighted by atomic mass is 10.0. The molecule has 0 unspecified atom stereocenters. The van der Waals surface area contributed by atoms with Gasteiger partial charge in [0.05, 0.1) is 29.2 Å². The van der Waals surface area contributed by atoms with Crippen molar-refractivity contribution in [1.82, 2.24) is 15.1 Å². The fourth-order valence-corrected chi connectivity index (χ4v) is 3.77. The Hall–Kier alpha value is -2.44. The van der Waals surface area contributed by atoms with Gasteiger partial charge in [0.15, 0.2) is 0 Å². The number of thiophene rings is 1. The minimum Gasteiger partial charge on any atom is -0.322 e. The lowest BCUT2D eigenvalue weighted by molar-refractivity contribution is -0.117. The zero-order valence-corrected chi connectivity index (χ0v) is 16.3. The first-order valence-electron chi connectivity index (χ1n) is 8.63. The van der Waals surface area contributed by atoms with Gasteiger partial charge in [-0.25, -0.2) is 0 Å². The Balaban J connectivity index is 1.77. The molecule has 3 rings (SSSR count). The maximum atomic E-state index is 12.8. The van der Waals surface area contributed by atoms with E-state index in [2.05, 4.69) is 39.3 Å². The van der Waals surface area contributed by atoms with E-state index in [0.29, 0.717) is 0 Å². The van der Waals surface area contributed by atoms with E-state index in [4.69, 9.17) is 0 Å². The lowest BCUT2D eigenvalue weighted by Crippen LogP contribution is -2.40. The molecule has 2 atom stereocenters. The molecule has 0 bridgehead atoms. The average molecular weight is 369 g/mol. The molecule has 2 aromatic heterocycles. The first kappa shape index (κ1) is 18.4. The maximum absolute atomic E-state index is 12.8. The molecule has 0 saturated carbocycles. The number of carbonyl (C=O) groups excluding carboxylic acids is 1. The number of aryl methyl sites for hydroxylation is 2. The number of hydrogen-bond donors (Lipinski definition) is 2. The van der Waals surface area contributed by atoms with Gasteiger partial charge in [0, 0.05) is 11.9 Å². The molecule has 3 aromatic rings. The Morgan fingerprint density at radius 2 is 1.88 bits per heavy atom. The van der Waals surface area contributed by atoms with E-state index >= 15 is 0 Å². The summed E-state index contributed by atoms with van der Waals surface area (Å²) in [6.07, 6.45) is 0. The van der Waals surface area contributed by atoms with Gasteiger partial charge in [-0.1, -0.05) is 36.4 Å². The van der Waals surface area contributed by atoms with Crippen LogP contribution in [0.25, 0.3) is 0 Å². The Labute approximate surface area is 158 Å². The van der Waals surface area contributed by atoms with E-state index in [9.17, 15) is 4.79 Å². The van der Waals surface area contributed by atoms with Crippen LogP contribution in [0.3, 0.4) is 0 Å². The third-order valence-electron chi connectivity index (χ3n) is 4.53. The zero-order valence-electron chi connectivity index (χ0n) is 15.5. The number of carbonyl (C=O) groups is 1. The molecule has 6 heteroatoms. The number of aromatic nitrogens is 2. The van der Waals surface area contributed by atoms with Gasteiger partial charge in [0.25, 0.3) is 0 Å². The molecule has 0 aliphatic rings. The topological polar surface area (TPSA) is 59.0 Å². The van der Waals surface area contributed by atoms with Crippen molar-refractivity contribution in [3.8, 4) is 0 Å². The third-order valence-corrected chi connectivity index (χ3v) is 5.46. The molecule has 0 fully saturated rings. The summed E-state index contributed by atoms with van der Waals surface area (Å²) in [4.78, 5) is 13.9. The van der Waals surface area contributed by atoms with E-state index in [-0.39, 0.29) is 18.0 Å². The lowest BCUT2D eigenvalue weighted by Gasteiger charge is -2.22. The van der Waals surface area contributed by atoms with Gasteiger partial charge in [-0.15, -0.1) is 11.3 Å². The first-order valence-corrected chi connectivity index (χ1v) is 9.50. The summed E-state index contributed by atoms with van der Waals surface area (Å²) in [5.41, 5.74) is 3.70. The van der Waals surface area contributed by atoms with Gasteiger partial charge in [0.2, 0.25) is 5.91 Å². The molecule has 1 aromatic carbocycles. The molecular weight excluding hydrogens is 344 g/mol. The van der Waals surface area contributed by atoms with Crippen LogP contribution in [0.2, 0.25) is 0 Å². The second kappa shape index (κ2) is 7.85. The highest BCUT2D eigenvalue weighted by atomic mass is 32.1. The van der Waals surface area contributed by atoms with Gasteiger partial charge in [-0.05, 0) is 37.8 Å². The van der Waals surface area contributed by atoms with Crippen LogP contribution < -0.4 is 10.6 Å². The average Bonchev–Trinajstić information content (AvgIpc) is 3.25. The standard InChI is InChI=1S/C20H24N4OS/c1-13-18(15(3)24(4)23-13)22-20(25)14(2)21-19(17-11-8-12-26-17)16-9-6-5-7-10-16/h5-12,14,19,21H,1-4H3,(H,22,25)/t14-,19+/m0/s1. The zero-order chi connectivity index (χ0) is 18.7. The van der Waals surface area contributed by atoms with Crippen LogP contribution in [-0.4, -0.2) is 21.7 Å². The second-order valence-corrected chi connectivity index (χ2v) is 7.39. The summed E-state index contributed by atoms with van der Waals surface area (Å²) in [7, 11) is 1.88. The van der Waals surface area contributed by atoms with E-state index in [0.717, 1.165) is 22.6 Å². The molecule has 26 heavy (non-hydrogen) atoms. The molecule has 0 saturated heterocycles. The molecule has 1 amide bonds. The largest absolute Gasteiger partial charge is 0.322 e. The quantitative estimate of drug-likeness (QED) is 0.696. The molecular formula is C20H24N4OS. The molecule has 0 aliphatic carbocycles. The van der Waals surface area contributed by atoms with Crippen molar-refractivity contribution in [2.75, 3.05) is 5.32 Å². The normalized spacial score (nSPS) is 13.4. The smallest absolute Gasteiger partial charge is 0.241 e. The summed E-state index contributed by atoms with van der Waals surface area (Å²) in [6.45, 7) is 5.74. The van der Waals surface area contributed by atoms with Crippen LogP contribution in [0.15, 0.2) is 47.8 Å². The number of rotatable bonds is 6. The molecule has 0 aliphatic heterocycles. The van der Waals surface area contributed by atoms with E-state index < -0.39 is 0 Å². The monoisotopic (exact) mass is 368 g/mol. The number of benzene rings is 1. The minimum atomic E-state index is -0.360. The van der Waals surface area contributed by atoms with Crippen molar-refractivity contribution in [3.63, 3.8) is 0 Å². The van der Waals surface area contributed by atoms with Gasteiger partial charge in [-0.2, -0.15) is 5.10 Å². The Bertz CT molecular complexity index is 871. The van der Waals surface area contributed by atoms with Crippen LogP contribution >= 0.6 is 11.3 Å². The van der Waals surface area contributed by atoms with E-state index in [1.165, 1.54) is 4.88 Å². The fourth-order valence-electron chi connectivity index (χ4n) is 2.96. The van der Waals surface area contributed by atoms with Crippen LogP contribution in [0.1, 0.15) is 34.8 Å². The Morgan fingerprint density at radius 1 is 1.15 bits per heavy atom. The predicted octanol–water partition coefficient (Wildman–Crippen LogP) is 3.80. The first-order chi connectivity index (χ1) is 12.5.